The number of hydrogen-bond donors (Lipinski definition) is 0. The van der Waals surface area contributed by atoms with Crippen molar-refractivity contribution in [2.24, 2.45) is 0 Å². The molecule has 0 saturated carbocycles. The summed E-state index contributed by atoms with van der Waals surface area (Å²) in [5.74, 6) is 0. The van der Waals surface area contributed by atoms with Crippen molar-refractivity contribution in [3.05, 3.63) is 66.2 Å². The summed E-state index contributed by atoms with van der Waals surface area (Å²) in [6.07, 6.45) is 0. The molecule has 0 atom stereocenters. The van der Waals surface area contributed by atoms with E-state index in [9.17, 15) is 0 Å². The molecule has 0 radical (unpaired) electrons. The normalized spacial score (nSPS) is 18.4. The van der Waals surface area contributed by atoms with Gasteiger partial charge in [-0.2, -0.15) is 0 Å². The Hall–Kier alpha value is -2.10. The van der Waals surface area contributed by atoms with Crippen molar-refractivity contribution in [3.8, 4) is 11.1 Å². The summed E-state index contributed by atoms with van der Waals surface area (Å²) in [6, 6.07) is 22.0. The van der Waals surface area contributed by atoms with Gasteiger partial charge in [-0.25, -0.2) is 0 Å². The zero-order chi connectivity index (χ0) is 21.0. The predicted octanol–water partition coefficient (Wildman–Crippen LogP) is 6.10. The molecule has 0 bridgehead atoms. The largest absolute Gasteiger partial charge is 0.494 e. The van der Waals surface area contributed by atoms with Gasteiger partial charge in [0.2, 0.25) is 0 Å². The van der Waals surface area contributed by atoms with E-state index >= 15 is 0 Å². The number of hydrogen-bond acceptors (Lipinski definition) is 2. The third-order valence-electron chi connectivity index (χ3n) is 6.47. The van der Waals surface area contributed by atoms with E-state index in [1.54, 1.807) is 0 Å². The lowest BCUT2D eigenvalue weighted by Gasteiger charge is -2.32. The van der Waals surface area contributed by atoms with Gasteiger partial charge in [0.1, 0.15) is 0 Å². The van der Waals surface area contributed by atoms with Crippen molar-refractivity contribution < 1.29 is 9.31 Å². The molecule has 1 aliphatic rings. The van der Waals surface area contributed by atoms with Crippen molar-refractivity contribution >= 4 is 23.4 Å². The summed E-state index contributed by atoms with van der Waals surface area (Å²) in [5, 5.41) is 2.43. The average molecular weight is 386 g/mol. The minimum absolute atomic E-state index is 0.172. The Kier molecular flexibility index (Phi) is 4.68. The molecule has 1 saturated heterocycles. The van der Waals surface area contributed by atoms with Gasteiger partial charge in [0.25, 0.3) is 0 Å². The number of benzene rings is 3. The van der Waals surface area contributed by atoms with E-state index in [1.807, 2.05) is 0 Å². The zero-order valence-corrected chi connectivity index (χ0v) is 18.7. The van der Waals surface area contributed by atoms with Crippen LogP contribution < -0.4 is 5.46 Å². The van der Waals surface area contributed by atoms with Gasteiger partial charge < -0.3 is 9.31 Å². The summed E-state index contributed by atoms with van der Waals surface area (Å²) in [5.41, 5.74) is 4.43. The summed E-state index contributed by atoms with van der Waals surface area (Å²) < 4.78 is 12.4. The number of rotatable bonds is 2. The van der Waals surface area contributed by atoms with Crippen molar-refractivity contribution in [2.75, 3.05) is 0 Å². The van der Waals surface area contributed by atoms with Crippen molar-refractivity contribution in [2.45, 2.75) is 65.1 Å². The standard InChI is InChI=1S/C26H31BO2/c1-24(2,3)22-13-10-18(11-14-22)19-8-9-21-17-23(15-12-20(21)16-19)27-28-25(4,5)26(6,7)29-27/h8-17H,1-7H3. The average Bonchev–Trinajstić information content (AvgIpc) is 2.88. The van der Waals surface area contributed by atoms with Crippen molar-refractivity contribution in [1.29, 1.82) is 0 Å². The lowest BCUT2D eigenvalue weighted by atomic mass is 9.78. The van der Waals surface area contributed by atoms with Crippen LogP contribution in [0.3, 0.4) is 0 Å². The van der Waals surface area contributed by atoms with E-state index in [4.69, 9.17) is 9.31 Å². The molecule has 3 aromatic carbocycles. The molecule has 4 rings (SSSR count). The number of fused-ring (bicyclic) bond motifs is 1. The molecular formula is C26H31BO2. The van der Waals surface area contributed by atoms with Crippen molar-refractivity contribution in [3.63, 3.8) is 0 Å². The first-order valence-electron chi connectivity index (χ1n) is 10.5. The Labute approximate surface area is 175 Å². The first kappa shape index (κ1) is 20.2. The molecule has 0 spiro atoms. The fourth-order valence-corrected chi connectivity index (χ4v) is 3.73. The van der Waals surface area contributed by atoms with Crippen molar-refractivity contribution in [1.82, 2.24) is 0 Å². The minimum atomic E-state index is -0.325. The molecule has 1 heterocycles. The zero-order valence-electron chi connectivity index (χ0n) is 18.7. The van der Waals surface area contributed by atoms with E-state index in [0.29, 0.717) is 0 Å². The maximum Gasteiger partial charge on any atom is 0.494 e. The molecule has 0 N–H and O–H groups in total. The first-order valence-corrected chi connectivity index (χ1v) is 10.5. The van der Waals surface area contributed by atoms with Gasteiger partial charge in [-0.1, -0.05) is 75.4 Å². The molecule has 0 aromatic heterocycles. The molecule has 29 heavy (non-hydrogen) atoms. The van der Waals surface area contributed by atoms with Crippen LogP contribution in [-0.4, -0.2) is 18.3 Å². The third kappa shape index (κ3) is 3.74. The Morgan fingerprint density at radius 3 is 1.76 bits per heavy atom. The summed E-state index contributed by atoms with van der Waals surface area (Å²) in [7, 11) is -0.325. The van der Waals surface area contributed by atoms with Crippen LogP contribution in [0, 0.1) is 0 Å². The highest BCUT2D eigenvalue weighted by molar-refractivity contribution is 6.62. The van der Waals surface area contributed by atoms with Gasteiger partial charge in [0.15, 0.2) is 0 Å². The molecule has 3 heteroatoms. The topological polar surface area (TPSA) is 18.5 Å². The van der Waals surface area contributed by atoms with E-state index in [-0.39, 0.29) is 23.7 Å². The Bertz CT molecular complexity index is 1030. The second-order valence-corrected chi connectivity index (χ2v) is 10.2. The van der Waals surface area contributed by atoms with Gasteiger partial charge in [0, 0.05) is 0 Å². The molecule has 2 nitrogen and oxygen atoms in total. The Balaban J connectivity index is 1.63. The van der Waals surface area contributed by atoms with Crippen LogP contribution in [0.15, 0.2) is 60.7 Å². The highest BCUT2D eigenvalue weighted by Crippen LogP contribution is 2.36. The SMILES string of the molecule is CC(C)(C)c1ccc(-c2ccc3cc(B4OC(C)(C)C(C)(C)O4)ccc3c2)cc1. The smallest absolute Gasteiger partial charge is 0.399 e. The van der Waals surface area contributed by atoms with Crippen LogP contribution in [0.5, 0.6) is 0 Å². The van der Waals surface area contributed by atoms with E-state index in [0.717, 1.165) is 5.46 Å². The fourth-order valence-electron chi connectivity index (χ4n) is 3.73. The fraction of sp³-hybridized carbons (Fsp3) is 0.385. The molecule has 3 aromatic rings. The highest BCUT2D eigenvalue weighted by atomic mass is 16.7. The van der Waals surface area contributed by atoms with E-state index < -0.39 is 0 Å². The second-order valence-electron chi connectivity index (χ2n) is 10.2. The maximum atomic E-state index is 6.21. The monoisotopic (exact) mass is 386 g/mol. The third-order valence-corrected chi connectivity index (χ3v) is 6.47. The highest BCUT2D eigenvalue weighted by Gasteiger charge is 2.51. The van der Waals surface area contributed by atoms with Crippen LogP contribution in [0.1, 0.15) is 54.0 Å². The maximum absolute atomic E-state index is 6.21. The Morgan fingerprint density at radius 1 is 0.655 bits per heavy atom. The summed E-state index contributed by atoms with van der Waals surface area (Å²) in [6.45, 7) is 15.1. The van der Waals surface area contributed by atoms with E-state index in [1.165, 1.54) is 27.5 Å². The van der Waals surface area contributed by atoms with Crippen LogP contribution in [0.25, 0.3) is 21.9 Å². The van der Waals surface area contributed by atoms with Crippen LogP contribution in [0.2, 0.25) is 0 Å². The van der Waals surface area contributed by atoms with E-state index in [2.05, 4.69) is 109 Å². The molecule has 0 amide bonds. The molecule has 150 valence electrons. The lowest BCUT2D eigenvalue weighted by molar-refractivity contribution is 0.00578. The summed E-state index contributed by atoms with van der Waals surface area (Å²) >= 11 is 0. The molecular weight excluding hydrogens is 355 g/mol. The second kappa shape index (κ2) is 6.72. The van der Waals surface area contributed by atoms with Gasteiger partial charge in [-0.3, -0.25) is 0 Å². The van der Waals surface area contributed by atoms with Gasteiger partial charge in [-0.15, -0.1) is 0 Å². The quantitative estimate of drug-likeness (QED) is 0.495. The molecule has 1 aliphatic heterocycles. The molecule has 0 unspecified atom stereocenters. The van der Waals surface area contributed by atoms with Gasteiger partial charge in [-0.05, 0) is 72.1 Å². The minimum Gasteiger partial charge on any atom is -0.399 e. The molecule has 1 fully saturated rings. The lowest BCUT2D eigenvalue weighted by Crippen LogP contribution is -2.41. The first-order chi connectivity index (χ1) is 13.5. The Morgan fingerprint density at radius 2 is 1.17 bits per heavy atom. The van der Waals surface area contributed by atoms with Crippen LogP contribution in [0.4, 0.5) is 0 Å². The van der Waals surface area contributed by atoms with Crippen LogP contribution >= 0.6 is 0 Å². The molecule has 0 aliphatic carbocycles. The van der Waals surface area contributed by atoms with Gasteiger partial charge in [0.05, 0.1) is 11.2 Å². The van der Waals surface area contributed by atoms with Gasteiger partial charge >= 0.3 is 7.12 Å². The van der Waals surface area contributed by atoms with Crippen LogP contribution in [-0.2, 0) is 14.7 Å². The summed E-state index contributed by atoms with van der Waals surface area (Å²) in [4.78, 5) is 0. The predicted molar refractivity (Wildman–Crippen MR) is 124 cm³/mol.